The monoisotopic (exact) mass is 281 g/mol. The third-order valence-electron chi connectivity index (χ3n) is 3.26. The molecule has 1 aliphatic rings. The zero-order valence-corrected chi connectivity index (χ0v) is 11.2. The van der Waals surface area contributed by atoms with Crippen molar-refractivity contribution >= 4 is 6.03 Å². The molecule has 0 aromatic carbocycles. The van der Waals surface area contributed by atoms with Gasteiger partial charge in [-0.25, -0.2) is 4.79 Å². The van der Waals surface area contributed by atoms with Gasteiger partial charge in [0.25, 0.3) is 0 Å². The predicted octanol–water partition coefficient (Wildman–Crippen LogP) is 1.97. The summed E-state index contributed by atoms with van der Waals surface area (Å²) in [4.78, 5) is 13.4. The molecular weight excluding hydrogens is 259 g/mol. The van der Waals surface area contributed by atoms with Gasteiger partial charge >= 0.3 is 12.2 Å². The van der Waals surface area contributed by atoms with Gasteiger partial charge in [-0.1, -0.05) is 6.92 Å². The number of carbonyl (C=O) groups excluding carboxylic acids is 1. The van der Waals surface area contributed by atoms with Crippen LogP contribution in [-0.2, 0) is 0 Å². The summed E-state index contributed by atoms with van der Waals surface area (Å²) in [6.45, 7) is 4.37. The van der Waals surface area contributed by atoms with Crippen LogP contribution in [-0.4, -0.2) is 49.8 Å². The van der Waals surface area contributed by atoms with Crippen molar-refractivity contribution in [2.75, 3.05) is 32.7 Å². The average molecular weight is 281 g/mol. The number of nitrogens with zero attached hydrogens (tertiary/aromatic N) is 1. The largest absolute Gasteiger partial charge is 0.405 e. The minimum Gasteiger partial charge on any atom is -0.338 e. The first-order chi connectivity index (χ1) is 8.87. The molecule has 0 aromatic rings. The summed E-state index contributed by atoms with van der Waals surface area (Å²) in [5, 5.41) is 4.21. The lowest BCUT2D eigenvalue weighted by atomic mass is 9.99. The van der Waals surface area contributed by atoms with Gasteiger partial charge in [0, 0.05) is 6.54 Å². The first-order valence-corrected chi connectivity index (χ1v) is 6.67. The van der Waals surface area contributed by atoms with Gasteiger partial charge in [0.1, 0.15) is 6.54 Å². The Morgan fingerprint density at radius 2 is 1.89 bits per heavy atom. The molecule has 7 heteroatoms. The Labute approximate surface area is 111 Å². The smallest absolute Gasteiger partial charge is 0.338 e. The van der Waals surface area contributed by atoms with Crippen LogP contribution in [0.25, 0.3) is 0 Å². The molecule has 1 aliphatic heterocycles. The number of urea groups is 1. The van der Waals surface area contributed by atoms with Crippen LogP contribution < -0.4 is 10.6 Å². The number of likely N-dealkylation sites (tertiary alicyclic amines) is 1. The average Bonchev–Trinajstić information content (AvgIpc) is 2.33. The van der Waals surface area contributed by atoms with Crippen LogP contribution in [0.1, 0.15) is 26.2 Å². The number of hydrogen-bond acceptors (Lipinski definition) is 2. The van der Waals surface area contributed by atoms with Crippen molar-refractivity contribution in [3.05, 3.63) is 0 Å². The Morgan fingerprint density at radius 1 is 1.26 bits per heavy atom. The van der Waals surface area contributed by atoms with Crippen molar-refractivity contribution in [3.63, 3.8) is 0 Å². The number of piperidine rings is 1. The van der Waals surface area contributed by atoms with E-state index in [1.54, 1.807) is 5.32 Å². The normalized spacial score (nSPS) is 18.3. The molecule has 0 spiro atoms. The Hall–Kier alpha value is -0.980. The molecule has 0 radical (unpaired) electrons. The highest BCUT2D eigenvalue weighted by atomic mass is 19.4. The fourth-order valence-corrected chi connectivity index (χ4v) is 2.03. The molecule has 2 amide bonds. The van der Waals surface area contributed by atoms with E-state index < -0.39 is 18.8 Å². The number of amides is 2. The quantitative estimate of drug-likeness (QED) is 0.757. The van der Waals surface area contributed by atoms with Crippen molar-refractivity contribution in [2.24, 2.45) is 5.92 Å². The second kappa shape index (κ2) is 7.57. The van der Waals surface area contributed by atoms with E-state index in [-0.39, 0.29) is 0 Å². The lowest BCUT2D eigenvalue weighted by molar-refractivity contribution is -0.122. The lowest BCUT2D eigenvalue weighted by Gasteiger charge is -2.30. The second-order valence-corrected chi connectivity index (χ2v) is 5.10. The van der Waals surface area contributed by atoms with E-state index in [1.165, 1.54) is 12.8 Å². The molecule has 19 heavy (non-hydrogen) atoms. The third-order valence-corrected chi connectivity index (χ3v) is 3.26. The first-order valence-electron chi connectivity index (χ1n) is 6.67. The summed E-state index contributed by atoms with van der Waals surface area (Å²) in [6, 6.07) is -0.760. The molecule has 0 atom stereocenters. The Morgan fingerprint density at radius 3 is 2.47 bits per heavy atom. The van der Waals surface area contributed by atoms with Gasteiger partial charge in [-0.2, -0.15) is 13.2 Å². The van der Waals surface area contributed by atoms with Crippen LogP contribution in [0.15, 0.2) is 0 Å². The zero-order chi connectivity index (χ0) is 14.3. The fourth-order valence-electron chi connectivity index (χ4n) is 2.03. The number of rotatable bonds is 5. The molecule has 1 rings (SSSR count). The molecule has 0 aliphatic carbocycles. The molecule has 2 N–H and O–H groups in total. The van der Waals surface area contributed by atoms with E-state index in [0.717, 1.165) is 32.0 Å². The number of hydrogen-bond donors (Lipinski definition) is 2. The van der Waals surface area contributed by atoms with Crippen LogP contribution >= 0.6 is 0 Å². The maximum Gasteiger partial charge on any atom is 0.405 e. The van der Waals surface area contributed by atoms with E-state index in [0.29, 0.717) is 6.54 Å². The molecule has 112 valence electrons. The van der Waals surface area contributed by atoms with Crippen LogP contribution in [0.2, 0.25) is 0 Å². The topological polar surface area (TPSA) is 44.4 Å². The minimum atomic E-state index is -4.36. The lowest BCUT2D eigenvalue weighted by Crippen LogP contribution is -2.42. The molecule has 1 saturated heterocycles. The highest BCUT2D eigenvalue weighted by Crippen LogP contribution is 2.15. The first kappa shape index (κ1) is 16.1. The van der Waals surface area contributed by atoms with E-state index in [1.807, 2.05) is 0 Å². The highest BCUT2D eigenvalue weighted by Gasteiger charge is 2.27. The number of halogens is 3. The molecule has 1 fully saturated rings. The Bertz CT molecular complexity index is 276. The van der Waals surface area contributed by atoms with E-state index in [2.05, 4.69) is 17.1 Å². The molecule has 0 bridgehead atoms. The Kier molecular flexibility index (Phi) is 6.41. The van der Waals surface area contributed by atoms with E-state index in [9.17, 15) is 18.0 Å². The summed E-state index contributed by atoms with van der Waals surface area (Å²) in [7, 11) is 0. The van der Waals surface area contributed by atoms with Gasteiger partial charge in [-0.15, -0.1) is 0 Å². The summed E-state index contributed by atoms with van der Waals surface area (Å²) >= 11 is 0. The molecule has 0 saturated carbocycles. The Balaban J connectivity index is 2.00. The molecule has 0 unspecified atom stereocenters. The van der Waals surface area contributed by atoms with Gasteiger partial charge in [0.15, 0.2) is 0 Å². The summed E-state index contributed by atoms with van der Waals surface area (Å²) in [6.07, 6.45) is -1.21. The summed E-state index contributed by atoms with van der Waals surface area (Å²) in [5.74, 6) is 0.780. The van der Waals surface area contributed by atoms with Gasteiger partial charge < -0.3 is 15.5 Å². The van der Waals surface area contributed by atoms with Crippen molar-refractivity contribution in [1.29, 1.82) is 0 Å². The second-order valence-electron chi connectivity index (χ2n) is 5.10. The molecule has 0 aromatic heterocycles. The van der Waals surface area contributed by atoms with Gasteiger partial charge in [0.05, 0.1) is 0 Å². The van der Waals surface area contributed by atoms with Crippen molar-refractivity contribution < 1.29 is 18.0 Å². The zero-order valence-electron chi connectivity index (χ0n) is 11.2. The van der Waals surface area contributed by atoms with E-state index in [4.69, 9.17) is 0 Å². The molecular formula is C12H22F3N3O. The van der Waals surface area contributed by atoms with Crippen molar-refractivity contribution in [2.45, 2.75) is 32.4 Å². The van der Waals surface area contributed by atoms with Crippen LogP contribution in [0.5, 0.6) is 0 Å². The van der Waals surface area contributed by atoms with Crippen molar-refractivity contribution in [1.82, 2.24) is 15.5 Å². The van der Waals surface area contributed by atoms with Gasteiger partial charge in [-0.3, -0.25) is 0 Å². The molecule has 1 heterocycles. The predicted molar refractivity (Wildman–Crippen MR) is 66.9 cm³/mol. The van der Waals surface area contributed by atoms with Gasteiger partial charge in [0.2, 0.25) is 0 Å². The van der Waals surface area contributed by atoms with Crippen molar-refractivity contribution in [3.8, 4) is 0 Å². The SMILES string of the molecule is CC1CCN(CCCNC(=O)NCC(F)(F)F)CC1. The summed E-state index contributed by atoms with van der Waals surface area (Å²) in [5.41, 5.74) is 0. The maximum atomic E-state index is 11.8. The maximum absolute atomic E-state index is 11.8. The van der Waals surface area contributed by atoms with Crippen LogP contribution in [0.3, 0.4) is 0 Å². The minimum absolute atomic E-state index is 0.399. The van der Waals surface area contributed by atoms with Crippen LogP contribution in [0, 0.1) is 5.92 Å². The van der Waals surface area contributed by atoms with E-state index >= 15 is 0 Å². The number of nitrogens with one attached hydrogen (secondary N) is 2. The van der Waals surface area contributed by atoms with Crippen LogP contribution in [0.4, 0.5) is 18.0 Å². The summed E-state index contributed by atoms with van der Waals surface area (Å²) < 4.78 is 35.5. The number of carbonyl (C=O) groups is 1. The molecule has 4 nitrogen and oxygen atoms in total. The standard InChI is InChI=1S/C12H22F3N3O/c1-10-3-7-18(8-4-10)6-2-5-16-11(19)17-9-12(13,14)15/h10H,2-9H2,1H3,(H2,16,17,19). The van der Waals surface area contributed by atoms with Gasteiger partial charge in [-0.05, 0) is 44.8 Å². The fraction of sp³-hybridized carbons (Fsp3) is 0.917. The highest BCUT2D eigenvalue weighted by molar-refractivity contribution is 5.73. The third kappa shape index (κ3) is 7.92. The number of alkyl halides is 3.